The summed E-state index contributed by atoms with van der Waals surface area (Å²) in [7, 11) is 1.53. The maximum atomic E-state index is 10.3. The van der Waals surface area contributed by atoms with E-state index in [4.69, 9.17) is 27.9 Å². The van der Waals surface area contributed by atoms with Crippen LogP contribution in [-0.4, -0.2) is 17.2 Å². The number of ether oxygens (including phenoxy) is 1. The molecule has 0 aliphatic carbocycles. The molecule has 5 heteroatoms. The number of aromatic nitrogens is 1. The van der Waals surface area contributed by atoms with Gasteiger partial charge in [-0.25, -0.2) is 4.98 Å². The summed E-state index contributed by atoms with van der Waals surface area (Å²) in [5.41, 5.74) is 1.55. The van der Waals surface area contributed by atoms with Gasteiger partial charge in [0.2, 0.25) is 5.88 Å². The Hall–Kier alpha value is -1.29. The number of aliphatic hydroxyl groups is 1. The number of benzene rings is 1. The SMILES string of the molecule is COc1ncccc1C(O)Cc1ccc(Cl)c(Cl)c1. The molecule has 0 saturated carbocycles. The van der Waals surface area contributed by atoms with E-state index in [1.807, 2.05) is 6.07 Å². The first kappa shape index (κ1) is 14.1. The van der Waals surface area contributed by atoms with Gasteiger partial charge in [-0.15, -0.1) is 0 Å². The number of methoxy groups -OCH3 is 1. The van der Waals surface area contributed by atoms with Crippen LogP contribution in [0.3, 0.4) is 0 Å². The lowest BCUT2D eigenvalue weighted by Crippen LogP contribution is -2.05. The standard InChI is InChI=1S/C14H13Cl2NO2/c1-19-14-10(3-2-6-17-14)13(18)8-9-4-5-11(15)12(16)7-9/h2-7,13,18H,8H2,1H3. The Morgan fingerprint density at radius 2 is 2.05 bits per heavy atom. The van der Waals surface area contributed by atoms with Crippen molar-refractivity contribution in [3.63, 3.8) is 0 Å². The summed E-state index contributed by atoms with van der Waals surface area (Å²) < 4.78 is 5.13. The van der Waals surface area contributed by atoms with Crippen molar-refractivity contribution >= 4 is 23.2 Å². The lowest BCUT2D eigenvalue weighted by Gasteiger charge is -2.14. The van der Waals surface area contributed by atoms with Crippen molar-refractivity contribution in [1.29, 1.82) is 0 Å². The van der Waals surface area contributed by atoms with Crippen molar-refractivity contribution in [1.82, 2.24) is 4.98 Å². The molecule has 19 heavy (non-hydrogen) atoms. The zero-order valence-corrected chi connectivity index (χ0v) is 11.8. The van der Waals surface area contributed by atoms with Crippen molar-refractivity contribution in [2.75, 3.05) is 7.11 Å². The van der Waals surface area contributed by atoms with Gasteiger partial charge in [-0.2, -0.15) is 0 Å². The molecule has 100 valence electrons. The quantitative estimate of drug-likeness (QED) is 0.936. The molecule has 1 N–H and O–H groups in total. The van der Waals surface area contributed by atoms with Crippen LogP contribution < -0.4 is 4.74 Å². The zero-order chi connectivity index (χ0) is 13.8. The summed E-state index contributed by atoms with van der Waals surface area (Å²) in [6, 6.07) is 8.84. The highest BCUT2D eigenvalue weighted by molar-refractivity contribution is 6.42. The molecule has 3 nitrogen and oxygen atoms in total. The number of hydrogen-bond acceptors (Lipinski definition) is 3. The van der Waals surface area contributed by atoms with E-state index < -0.39 is 6.10 Å². The Morgan fingerprint density at radius 3 is 2.74 bits per heavy atom. The largest absolute Gasteiger partial charge is 0.481 e. The van der Waals surface area contributed by atoms with Crippen LogP contribution >= 0.6 is 23.2 Å². The van der Waals surface area contributed by atoms with Crippen LogP contribution in [0, 0.1) is 0 Å². The first-order valence-electron chi connectivity index (χ1n) is 5.72. The Labute approximate surface area is 121 Å². The minimum Gasteiger partial charge on any atom is -0.481 e. The molecule has 0 aliphatic heterocycles. The highest BCUT2D eigenvalue weighted by atomic mass is 35.5. The number of nitrogens with zero attached hydrogens (tertiary/aromatic N) is 1. The van der Waals surface area contributed by atoms with Crippen molar-refractivity contribution in [3.05, 3.63) is 57.7 Å². The first-order chi connectivity index (χ1) is 9.11. The Kier molecular flexibility index (Phi) is 4.64. The van der Waals surface area contributed by atoms with E-state index in [1.54, 1.807) is 30.5 Å². The fourth-order valence-electron chi connectivity index (χ4n) is 1.83. The van der Waals surface area contributed by atoms with Crippen molar-refractivity contribution in [2.24, 2.45) is 0 Å². The van der Waals surface area contributed by atoms with E-state index in [-0.39, 0.29) is 0 Å². The highest BCUT2D eigenvalue weighted by Crippen LogP contribution is 2.28. The number of halogens is 2. The fraction of sp³-hybridized carbons (Fsp3) is 0.214. The second-order valence-corrected chi connectivity index (χ2v) is 4.88. The van der Waals surface area contributed by atoms with Crippen LogP contribution in [0.2, 0.25) is 10.0 Å². The molecule has 0 amide bonds. The van der Waals surface area contributed by atoms with Crippen LogP contribution in [0.1, 0.15) is 17.2 Å². The maximum absolute atomic E-state index is 10.3. The van der Waals surface area contributed by atoms with Crippen LogP contribution in [0.4, 0.5) is 0 Å². The molecule has 0 radical (unpaired) electrons. The van der Waals surface area contributed by atoms with Gasteiger partial charge in [0.25, 0.3) is 0 Å². The molecule has 1 heterocycles. The van der Waals surface area contributed by atoms with Gasteiger partial charge >= 0.3 is 0 Å². The number of rotatable bonds is 4. The van der Waals surface area contributed by atoms with Crippen molar-refractivity contribution in [2.45, 2.75) is 12.5 Å². The molecule has 1 aromatic carbocycles. The molecule has 1 unspecified atom stereocenters. The highest BCUT2D eigenvalue weighted by Gasteiger charge is 2.15. The zero-order valence-electron chi connectivity index (χ0n) is 10.3. The predicted molar refractivity (Wildman–Crippen MR) is 75.9 cm³/mol. The lowest BCUT2D eigenvalue weighted by atomic mass is 10.0. The molecule has 0 spiro atoms. The summed E-state index contributed by atoms with van der Waals surface area (Å²) in [5.74, 6) is 0.426. The monoisotopic (exact) mass is 297 g/mol. The average Bonchev–Trinajstić information content (AvgIpc) is 2.43. The van der Waals surface area contributed by atoms with Gasteiger partial charge in [0.1, 0.15) is 0 Å². The minimum absolute atomic E-state index is 0.416. The Balaban J connectivity index is 2.20. The molecular formula is C14H13Cl2NO2. The van der Waals surface area contributed by atoms with Crippen LogP contribution in [0.25, 0.3) is 0 Å². The number of hydrogen-bond donors (Lipinski definition) is 1. The number of pyridine rings is 1. The molecule has 2 aromatic rings. The third kappa shape index (κ3) is 3.38. The van der Waals surface area contributed by atoms with E-state index in [2.05, 4.69) is 4.98 Å². The third-order valence-corrected chi connectivity index (χ3v) is 3.51. The molecule has 0 fully saturated rings. The molecule has 0 bridgehead atoms. The van der Waals surface area contributed by atoms with E-state index in [0.717, 1.165) is 5.56 Å². The fourth-order valence-corrected chi connectivity index (χ4v) is 2.15. The van der Waals surface area contributed by atoms with Gasteiger partial charge < -0.3 is 9.84 Å². The average molecular weight is 298 g/mol. The van der Waals surface area contributed by atoms with Gasteiger partial charge in [0, 0.05) is 18.2 Å². The minimum atomic E-state index is -0.708. The van der Waals surface area contributed by atoms with Crippen molar-refractivity contribution < 1.29 is 9.84 Å². The summed E-state index contributed by atoms with van der Waals surface area (Å²) in [6.45, 7) is 0. The smallest absolute Gasteiger partial charge is 0.218 e. The summed E-state index contributed by atoms with van der Waals surface area (Å²) in [4.78, 5) is 4.06. The van der Waals surface area contributed by atoms with Crippen molar-refractivity contribution in [3.8, 4) is 5.88 Å². The van der Waals surface area contributed by atoms with Gasteiger partial charge in [-0.3, -0.25) is 0 Å². The van der Waals surface area contributed by atoms with Gasteiger partial charge in [-0.05, 0) is 29.8 Å². The van der Waals surface area contributed by atoms with Gasteiger partial charge in [0.15, 0.2) is 0 Å². The number of aliphatic hydroxyl groups excluding tert-OH is 1. The van der Waals surface area contributed by atoms with Crippen LogP contribution in [0.15, 0.2) is 36.5 Å². The maximum Gasteiger partial charge on any atom is 0.218 e. The second kappa shape index (κ2) is 6.24. The topological polar surface area (TPSA) is 42.4 Å². The first-order valence-corrected chi connectivity index (χ1v) is 6.48. The van der Waals surface area contributed by atoms with Crippen LogP contribution in [-0.2, 0) is 6.42 Å². The Bertz CT molecular complexity index is 575. The summed E-state index contributed by atoms with van der Waals surface area (Å²) >= 11 is 11.8. The lowest BCUT2D eigenvalue weighted by molar-refractivity contribution is 0.173. The molecule has 0 aliphatic rings. The summed E-state index contributed by atoms with van der Waals surface area (Å²) in [6.07, 6.45) is 1.33. The normalized spacial score (nSPS) is 12.2. The molecule has 1 atom stereocenters. The predicted octanol–water partition coefficient (Wildman–Crippen LogP) is 3.67. The molecule has 2 rings (SSSR count). The van der Waals surface area contributed by atoms with Gasteiger partial charge in [-0.1, -0.05) is 29.3 Å². The van der Waals surface area contributed by atoms with E-state index >= 15 is 0 Å². The summed E-state index contributed by atoms with van der Waals surface area (Å²) in [5, 5.41) is 11.2. The second-order valence-electron chi connectivity index (χ2n) is 4.07. The van der Waals surface area contributed by atoms with E-state index in [9.17, 15) is 5.11 Å². The van der Waals surface area contributed by atoms with Crippen LogP contribution in [0.5, 0.6) is 5.88 Å². The van der Waals surface area contributed by atoms with E-state index in [0.29, 0.717) is 27.9 Å². The molecule has 0 saturated heterocycles. The Morgan fingerprint density at radius 1 is 1.26 bits per heavy atom. The molecular weight excluding hydrogens is 285 g/mol. The third-order valence-electron chi connectivity index (χ3n) is 2.77. The molecule has 1 aromatic heterocycles. The van der Waals surface area contributed by atoms with Gasteiger partial charge in [0.05, 0.1) is 23.3 Å². The van der Waals surface area contributed by atoms with E-state index in [1.165, 1.54) is 7.11 Å².